The zero-order chi connectivity index (χ0) is 34.0. The van der Waals surface area contributed by atoms with Gasteiger partial charge in [0.05, 0.1) is 0 Å². The lowest BCUT2D eigenvalue weighted by molar-refractivity contribution is -0.137. The maximum Gasteiger partial charge on any atom is 0.247 e. The van der Waals surface area contributed by atoms with E-state index in [2.05, 4.69) is 48.8 Å². The highest BCUT2D eigenvalue weighted by atomic mass is 16.2. The first-order valence-electron chi connectivity index (χ1n) is 15.7. The molecule has 1 heterocycles. The number of carbonyl (C=O) groups excluding carboxylic acids is 5. The van der Waals surface area contributed by atoms with E-state index >= 15 is 0 Å². The molecule has 0 aromatic carbocycles. The van der Waals surface area contributed by atoms with Crippen molar-refractivity contribution in [3.63, 3.8) is 0 Å². The van der Waals surface area contributed by atoms with E-state index in [9.17, 15) is 24.0 Å². The molecule has 13 nitrogen and oxygen atoms in total. The largest absolute Gasteiger partial charge is 0.359 e. The third kappa shape index (κ3) is 13.2. The number of aliphatic imine (C=N–C) groups is 1. The Morgan fingerprint density at radius 2 is 1.76 bits per heavy atom. The van der Waals surface area contributed by atoms with E-state index in [0.717, 1.165) is 0 Å². The SMILES string of the molecule is C=C(/C=C\C=C/C)[C@H]1NC(=O)[C@H](CC)NC(=O)[C@H](CCCN/C(=N/C)NC)NC(=O)[C@](C)(NC(=O)C(C)C)CCCCNC1=O. The molecule has 0 spiro atoms. The Labute approximate surface area is 268 Å². The first kappa shape index (κ1) is 38.9. The molecule has 0 unspecified atom stereocenters. The average molecular weight is 631 g/mol. The summed E-state index contributed by atoms with van der Waals surface area (Å²) < 4.78 is 0. The van der Waals surface area contributed by atoms with Gasteiger partial charge in [-0.2, -0.15) is 0 Å². The number of guanidine groups is 1. The Morgan fingerprint density at radius 1 is 1.07 bits per heavy atom. The van der Waals surface area contributed by atoms with Gasteiger partial charge in [-0.3, -0.25) is 29.0 Å². The van der Waals surface area contributed by atoms with Crippen molar-refractivity contribution < 1.29 is 24.0 Å². The van der Waals surface area contributed by atoms with Crippen LogP contribution in [0.25, 0.3) is 0 Å². The third-order valence-electron chi connectivity index (χ3n) is 7.45. The maximum absolute atomic E-state index is 13.7. The molecule has 0 radical (unpaired) electrons. The van der Waals surface area contributed by atoms with Crippen molar-refractivity contribution in [2.45, 2.75) is 96.8 Å². The second-order valence-corrected chi connectivity index (χ2v) is 11.5. The average Bonchev–Trinajstić information content (AvgIpc) is 3.00. The van der Waals surface area contributed by atoms with Crippen molar-refractivity contribution in [3.8, 4) is 0 Å². The number of amides is 5. The predicted octanol–water partition coefficient (Wildman–Crippen LogP) is 0.945. The lowest BCUT2D eigenvalue weighted by Crippen LogP contribution is -2.62. The smallest absolute Gasteiger partial charge is 0.247 e. The number of nitrogens with one attached hydrogen (secondary N) is 7. The van der Waals surface area contributed by atoms with E-state index in [1.54, 1.807) is 60.0 Å². The summed E-state index contributed by atoms with van der Waals surface area (Å²) in [6.45, 7) is 13.4. The van der Waals surface area contributed by atoms with Crippen LogP contribution < -0.4 is 37.2 Å². The van der Waals surface area contributed by atoms with Crippen molar-refractivity contribution in [2.24, 2.45) is 10.9 Å². The first-order chi connectivity index (χ1) is 21.3. The van der Waals surface area contributed by atoms with E-state index in [1.807, 2.05) is 13.0 Å². The maximum atomic E-state index is 13.7. The zero-order valence-electron chi connectivity index (χ0n) is 28.0. The van der Waals surface area contributed by atoms with Gasteiger partial charge in [-0.1, -0.05) is 51.7 Å². The highest BCUT2D eigenvalue weighted by molar-refractivity contribution is 5.97. The standard InChI is InChI=1S/C32H54N8O5/c1-9-11-12-16-22(5)25-29(44)35-19-14-13-18-32(6,40-26(41)21(3)4)30(45)38-24(17-15-20-36-31(33-7)34-8)28(43)37-23(10-2)27(42)39-25/h9,11-12,16,21,23-25H,5,10,13-15,17-20H2,1-4,6-8H3,(H,35,44)(H,37,43)(H,38,45)(H,39,42)(H,40,41)(H2,33,34,36)/b11-9-,16-12-/t23-,24-,25+,32+/m0/s1. The fraction of sp³-hybridized carbons (Fsp3) is 0.625. The first-order valence-corrected chi connectivity index (χ1v) is 15.7. The summed E-state index contributed by atoms with van der Waals surface area (Å²) >= 11 is 0. The van der Waals surface area contributed by atoms with E-state index in [0.29, 0.717) is 37.3 Å². The van der Waals surface area contributed by atoms with Crippen LogP contribution in [0.1, 0.15) is 73.1 Å². The summed E-state index contributed by atoms with van der Waals surface area (Å²) in [7, 11) is 3.37. The van der Waals surface area contributed by atoms with Gasteiger partial charge in [0.25, 0.3) is 0 Å². The van der Waals surface area contributed by atoms with Gasteiger partial charge in [-0.15, -0.1) is 0 Å². The molecule has 1 saturated heterocycles. The Morgan fingerprint density at radius 3 is 2.36 bits per heavy atom. The second kappa shape index (κ2) is 20.0. The molecule has 0 saturated carbocycles. The normalized spacial score (nSPS) is 24.5. The Balaban J connectivity index is 3.42. The lowest BCUT2D eigenvalue weighted by atomic mass is 9.91. The molecule has 0 aromatic rings. The second-order valence-electron chi connectivity index (χ2n) is 11.5. The molecule has 5 amide bonds. The van der Waals surface area contributed by atoms with Crippen LogP contribution in [0, 0.1) is 5.92 Å². The van der Waals surface area contributed by atoms with Gasteiger partial charge in [0.2, 0.25) is 29.5 Å². The predicted molar refractivity (Wildman–Crippen MR) is 177 cm³/mol. The van der Waals surface area contributed by atoms with Gasteiger partial charge in [0.1, 0.15) is 23.7 Å². The monoisotopic (exact) mass is 630 g/mol. The summed E-state index contributed by atoms with van der Waals surface area (Å²) in [5.74, 6) is -2.14. The van der Waals surface area contributed by atoms with Crippen LogP contribution in [0.3, 0.4) is 0 Å². The Kier molecular flexibility index (Phi) is 17.3. The van der Waals surface area contributed by atoms with Gasteiger partial charge >= 0.3 is 0 Å². The van der Waals surface area contributed by atoms with Crippen LogP contribution in [0.5, 0.6) is 0 Å². The van der Waals surface area contributed by atoms with Crippen LogP contribution in [0.4, 0.5) is 0 Å². The van der Waals surface area contributed by atoms with Crippen molar-refractivity contribution in [1.82, 2.24) is 37.2 Å². The van der Waals surface area contributed by atoms with Crippen LogP contribution in [-0.4, -0.2) is 86.3 Å². The molecular weight excluding hydrogens is 576 g/mol. The van der Waals surface area contributed by atoms with Crippen LogP contribution in [0.15, 0.2) is 41.4 Å². The quantitative estimate of drug-likeness (QED) is 0.0812. The van der Waals surface area contributed by atoms with E-state index < -0.39 is 47.3 Å². The van der Waals surface area contributed by atoms with Crippen molar-refractivity contribution in [2.75, 3.05) is 27.2 Å². The molecule has 45 heavy (non-hydrogen) atoms. The lowest BCUT2D eigenvalue weighted by Gasteiger charge is -2.33. The molecular formula is C32H54N8O5. The molecule has 4 atom stereocenters. The number of rotatable bonds is 10. The number of allylic oxidation sites excluding steroid dienone is 3. The third-order valence-corrected chi connectivity index (χ3v) is 7.45. The number of hydrogen-bond donors (Lipinski definition) is 7. The van der Waals surface area contributed by atoms with Gasteiger partial charge in [-0.25, -0.2) is 0 Å². The molecule has 0 bridgehead atoms. The summed E-state index contributed by atoms with van der Waals surface area (Å²) in [6, 6.07) is -3.05. The highest BCUT2D eigenvalue weighted by Gasteiger charge is 2.38. The number of hydrogen-bond acceptors (Lipinski definition) is 6. The molecule has 1 rings (SSSR count). The van der Waals surface area contributed by atoms with Crippen LogP contribution >= 0.6 is 0 Å². The Bertz CT molecular complexity index is 1130. The number of carbonyl (C=O) groups is 5. The summed E-state index contributed by atoms with van der Waals surface area (Å²) in [4.78, 5) is 70.8. The molecule has 252 valence electrons. The molecule has 1 aliphatic heterocycles. The molecule has 13 heteroatoms. The fourth-order valence-corrected chi connectivity index (χ4v) is 4.53. The highest BCUT2D eigenvalue weighted by Crippen LogP contribution is 2.17. The Hall–Kier alpha value is -4.16. The summed E-state index contributed by atoms with van der Waals surface area (Å²) in [5, 5.41) is 20.1. The van der Waals surface area contributed by atoms with Crippen LogP contribution in [0.2, 0.25) is 0 Å². The minimum absolute atomic E-state index is 0.232. The van der Waals surface area contributed by atoms with Gasteiger partial charge in [-0.05, 0) is 57.9 Å². The summed E-state index contributed by atoms with van der Waals surface area (Å²) in [5.41, 5.74) is -0.942. The summed E-state index contributed by atoms with van der Waals surface area (Å²) in [6.07, 6.45) is 9.21. The molecule has 1 fully saturated rings. The van der Waals surface area contributed by atoms with Crippen LogP contribution in [-0.2, 0) is 24.0 Å². The van der Waals surface area contributed by atoms with Crippen molar-refractivity contribution >= 4 is 35.5 Å². The van der Waals surface area contributed by atoms with Crippen molar-refractivity contribution in [3.05, 3.63) is 36.5 Å². The number of nitrogens with zero attached hydrogens (tertiary/aromatic N) is 1. The zero-order valence-corrected chi connectivity index (χ0v) is 28.0. The topological polar surface area (TPSA) is 182 Å². The molecule has 0 aliphatic carbocycles. The van der Waals surface area contributed by atoms with E-state index in [1.165, 1.54) is 0 Å². The van der Waals surface area contributed by atoms with E-state index in [4.69, 9.17) is 0 Å². The minimum Gasteiger partial charge on any atom is -0.359 e. The van der Waals surface area contributed by atoms with Gasteiger partial charge < -0.3 is 37.2 Å². The van der Waals surface area contributed by atoms with Gasteiger partial charge in [0, 0.05) is 33.1 Å². The van der Waals surface area contributed by atoms with E-state index in [-0.39, 0.29) is 37.6 Å². The molecule has 1 aliphatic rings. The van der Waals surface area contributed by atoms with Crippen molar-refractivity contribution in [1.29, 1.82) is 0 Å². The molecule has 0 aromatic heterocycles. The fourth-order valence-electron chi connectivity index (χ4n) is 4.53. The van der Waals surface area contributed by atoms with Gasteiger partial charge in [0.15, 0.2) is 5.96 Å². The minimum atomic E-state index is -1.32. The molecule has 7 N–H and O–H groups in total.